The van der Waals surface area contributed by atoms with Gasteiger partial charge in [-0.05, 0) is 11.6 Å². The van der Waals surface area contributed by atoms with Crippen LogP contribution in [0.4, 0.5) is 5.13 Å². The van der Waals surface area contributed by atoms with E-state index < -0.39 is 0 Å². The lowest BCUT2D eigenvalue weighted by molar-refractivity contribution is 1.07. The number of rotatable bonds is 3. The van der Waals surface area contributed by atoms with E-state index in [-0.39, 0.29) is 30.8 Å². The van der Waals surface area contributed by atoms with Crippen LogP contribution in [0.5, 0.6) is 0 Å². The van der Waals surface area contributed by atoms with Crippen LogP contribution in [0.2, 0.25) is 0 Å². The van der Waals surface area contributed by atoms with E-state index in [1.54, 1.807) is 0 Å². The van der Waals surface area contributed by atoms with Gasteiger partial charge in [0.1, 0.15) is 0 Å². The maximum Gasteiger partial charge on any atom is 0.212 e. The molecular weight excluding hydrogens is 305 g/mol. The van der Waals surface area contributed by atoms with E-state index in [0.29, 0.717) is 11.7 Å². The highest BCUT2D eigenvalue weighted by molar-refractivity contribution is 7.13. The van der Waals surface area contributed by atoms with Crippen molar-refractivity contribution in [2.24, 2.45) is 22.2 Å². The van der Waals surface area contributed by atoms with Gasteiger partial charge in [-0.1, -0.05) is 18.2 Å². The fourth-order valence-electron chi connectivity index (χ4n) is 1.42. The van der Waals surface area contributed by atoms with E-state index in [1.807, 2.05) is 29.6 Å². The zero-order valence-electron chi connectivity index (χ0n) is 9.95. The van der Waals surface area contributed by atoms with Gasteiger partial charge in [-0.25, -0.2) is 4.98 Å². The van der Waals surface area contributed by atoms with Crippen LogP contribution in [0.1, 0.15) is 5.56 Å². The van der Waals surface area contributed by atoms with Crippen molar-refractivity contribution in [1.82, 2.24) is 4.98 Å². The first-order valence-electron chi connectivity index (χ1n) is 5.03. The third-order valence-corrected chi connectivity index (χ3v) is 2.91. The molecular formula is C11H15Cl2N5S. The van der Waals surface area contributed by atoms with Gasteiger partial charge in [0.2, 0.25) is 5.13 Å². The Morgan fingerprint density at radius 1 is 1.26 bits per heavy atom. The van der Waals surface area contributed by atoms with Gasteiger partial charge in [0.05, 0.1) is 5.69 Å². The largest absolute Gasteiger partial charge is 0.370 e. The second-order valence-electron chi connectivity index (χ2n) is 3.46. The summed E-state index contributed by atoms with van der Waals surface area (Å²) in [6.45, 7) is 0.513. The fraction of sp³-hybridized carbons (Fsp3) is 0.0909. The Labute approximate surface area is 127 Å². The number of aliphatic imine (C=N–C) groups is 1. The summed E-state index contributed by atoms with van der Waals surface area (Å²) in [6.07, 6.45) is 0. The van der Waals surface area contributed by atoms with Gasteiger partial charge in [0.25, 0.3) is 0 Å². The second-order valence-corrected chi connectivity index (χ2v) is 4.29. The average molecular weight is 320 g/mol. The quantitative estimate of drug-likeness (QED) is 0.594. The first-order valence-corrected chi connectivity index (χ1v) is 5.91. The predicted octanol–water partition coefficient (Wildman–Crippen LogP) is 2.02. The molecule has 5 nitrogen and oxygen atoms in total. The first kappa shape index (κ1) is 17.7. The number of hydrogen-bond acceptors (Lipinski definition) is 4. The van der Waals surface area contributed by atoms with E-state index in [1.165, 1.54) is 11.3 Å². The molecule has 0 spiro atoms. The Hall–Kier alpha value is -1.34. The van der Waals surface area contributed by atoms with Gasteiger partial charge in [0, 0.05) is 17.5 Å². The predicted molar refractivity (Wildman–Crippen MR) is 85.4 cm³/mol. The van der Waals surface area contributed by atoms with Crippen LogP contribution >= 0.6 is 36.2 Å². The van der Waals surface area contributed by atoms with Gasteiger partial charge in [-0.15, -0.1) is 36.2 Å². The molecule has 1 heterocycles. The monoisotopic (exact) mass is 319 g/mol. The van der Waals surface area contributed by atoms with Crippen molar-refractivity contribution in [3.8, 4) is 11.3 Å². The van der Waals surface area contributed by atoms with Gasteiger partial charge in [-0.3, -0.25) is 0 Å². The third kappa shape index (κ3) is 4.68. The smallest absolute Gasteiger partial charge is 0.212 e. The number of halogens is 2. The van der Waals surface area contributed by atoms with Crippen molar-refractivity contribution in [3.63, 3.8) is 0 Å². The van der Waals surface area contributed by atoms with E-state index >= 15 is 0 Å². The molecule has 1 aromatic heterocycles. The molecule has 2 aromatic rings. The Morgan fingerprint density at radius 3 is 2.63 bits per heavy atom. The lowest BCUT2D eigenvalue weighted by Gasteiger charge is -1.99. The minimum atomic E-state index is 0. The topological polar surface area (TPSA) is 103 Å². The van der Waals surface area contributed by atoms with Gasteiger partial charge in [0.15, 0.2) is 5.96 Å². The number of aromatic nitrogens is 1. The first-order chi connectivity index (χ1) is 8.19. The van der Waals surface area contributed by atoms with E-state index in [2.05, 4.69) is 9.98 Å². The van der Waals surface area contributed by atoms with Crippen molar-refractivity contribution in [2.75, 3.05) is 0 Å². The second kappa shape index (κ2) is 7.96. The molecule has 104 valence electrons. The molecule has 0 bridgehead atoms. The van der Waals surface area contributed by atoms with Gasteiger partial charge < -0.3 is 17.2 Å². The minimum absolute atomic E-state index is 0. The summed E-state index contributed by atoms with van der Waals surface area (Å²) < 4.78 is 0. The lowest BCUT2D eigenvalue weighted by Crippen LogP contribution is -2.21. The highest BCUT2D eigenvalue weighted by Crippen LogP contribution is 2.26. The summed E-state index contributed by atoms with van der Waals surface area (Å²) in [7, 11) is 0. The Balaban J connectivity index is 0.00000162. The molecule has 0 unspecified atom stereocenters. The maximum absolute atomic E-state index is 5.60. The molecule has 0 aliphatic rings. The standard InChI is InChI=1S/C11H13N5S.2ClH/c12-5-7-2-1-3-8(4-7)9-6-17-11(15-9)16-10(13)14;;/h1-4,6H,5,12H2,(H4,13,14,15,16);2*1H. The molecule has 6 N–H and O–H groups in total. The fourth-order valence-corrected chi connectivity index (χ4v) is 2.13. The normalized spacial score (nSPS) is 9.11. The van der Waals surface area contributed by atoms with Gasteiger partial charge >= 0.3 is 0 Å². The van der Waals surface area contributed by atoms with E-state index in [4.69, 9.17) is 17.2 Å². The SMILES string of the molecule is Cl.Cl.NCc1cccc(-c2csc(N=C(N)N)n2)c1. The Morgan fingerprint density at radius 2 is 2.00 bits per heavy atom. The minimum Gasteiger partial charge on any atom is -0.370 e. The lowest BCUT2D eigenvalue weighted by atomic mass is 10.1. The highest BCUT2D eigenvalue weighted by atomic mass is 35.5. The van der Waals surface area contributed by atoms with Crippen molar-refractivity contribution in [2.45, 2.75) is 6.54 Å². The van der Waals surface area contributed by atoms with Crippen LogP contribution in [0, 0.1) is 0 Å². The van der Waals surface area contributed by atoms with Crippen LogP contribution in [0.15, 0.2) is 34.6 Å². The Kier molecular flexibility index (Phi) is 7.40. The summed E-state index contributed by atoms with van der Waals surface area (Å²) in [5, 5.41) is 2.47. The summed E-state index contributed by atoms with van der Waals surface area (Å²) in [6, 6.07) is 7.92. The number of thiazole rings is 1. The van der Waals surface area contributed by atoms with Crippen LogP contribution in [0.25, 0.3) is 11.3 Å². The molecule has 0 amide bonds. The van der Waals surface area contributed by atoms with Crippen LogP contribution in [-0.2, 0) is 6.54 Å². The molecule has 0 saturated heterocycles. The van der Waals surface area contributed by atoms with E-state index in [0.717, 1.165) is 16.8 Å². The number of hydrogen-bond donors (Lipinski definition) is 3. The highest BCUT2D eigenvalue weighted by Gasteiger charge is 2.04. The van der Waals surface area contributed by atoms with Crippen LogP contribution in [0.3, 0.4) is 0 Å². The van der Waals surface area contributed by atoms with Crippen LogP contribution in [-0.4, -0.2) is 10.9 Å². The molecule has 8 heteroatoms. The molecule has 0 radical (unpaired) electrons. The molecule has 2 rings (SSSR count). The van der Waals surface area contributed by atoms with Crippen molar-refractivity contribution in [1.29, 1.82) is 0 Å². The van der Waals surface area contributed by atoms with E-state index in [9.17, 15) is 0 Å². The summed E-state index contributed by atoms with van der Waals surface area (Å²) in [5.41, 5.74) is 19.1. The Bertz CT molecular complexity index is 552. The summed E-state index contributed by atoms with van der Waals surface area (Å²) in [5.74, 6) is 0.0154. The number of benzene rings is 1. The van der Waals surface area contributed by atoms with Crippen molar-refractivity contribution < 1.29 is 0 Å². The molecule has 0 atom stereocenters. The summed E-state index contributed by atoms with van der Waals surface area (Å²) in [4.78, 5) is 8.23. The molecule has 1 aromatic carbocycles. The molecule has 0 fully saturated rings. The molecule has 19 heavy (non-hydrogen) atoms. The molecule has 0 aliphatic heterocycles. The molecule has 0 aliphatic carbocycles. The third-order valence-electron chi connectivity index (χ3n) is 2.18. The number of nitrogens with zero attached hydrogens (tertiary/aromatic N) is 2. The molecule has 0 saturated carbocycles. The van der Waals surface area contributed by atoms with Crippen molar-refractivity contribution >= 4 is 47.2 Å². The zero-order chi connectivity index (χ0) is 12.3. The number of nitrogens with two attached hydrogens (primary N) is 3. The van der Waals surface area contributed by atoms with Crippen LogP contribution < -0.4 is 17.2 Å². The average Bonchev–Trinajstić information content (AvgIpc) is 2.77. The van der Waals surface area contributed by atoms with Gasteiger partial charge in [-0.2, -0.15) is 4.99 Å². The maximum atomic E-state index is 5.60. The number of guanidine groups is 1. The summed E-state index contributed by atoms with van der Waals surface area (Å²) >= 11 is 1.40. The zero-order valence-corrected chi connectivity index (χ0v) is 12.4. The van der Waals surface area contributed by atoms with Crippen molar-refractivity contribution in [3.05, 3.63) is 35.2 Å².